The second-order valence-electron chi connectivity index (χ2n) is 4.13. The largest absolute Gasteiger partial charge is 0.451 e. The van der Waals surface area contributed by atoms with Gasteiger partial charge in [-0.15, -0.1) is 0 Å². The third-order valence-electron chi connectivity index (χ3n) is 2.57. The Bertz CT molecular complexity index is 535. The molecule has 2 rings (SSSR count). The molecule has 0 aliphatic rings. The summed E-state index contributed by atoms with van der Waals surface area (Å²) in [7, 11) is 0. The number of hydrogen-bond donors (Lipinski definition) is 1. The third kappa shape index (κ3) is 3.19. The van der Waals surface area contributed by atoms with E-state index in [-0.39, 0.29) is 0 Å². The molecule has 2 nitrogen and oxygen atoms in total. The molecule has 0 aliphatic heterocycles. The molecule has 0 radical (unpaired) electrons. The molecule has 18 heavy (non-hydrogen) atoms. The van der Waals surface area contributed by atoms with E-state index >= 15 is 0 Å². The van der Waals surface area contributed by atoms with Gasteiger partial charge in [-0.3, -0.25) is 0 Å². The Balaban J connectivity index is 2.15. The first-order valence-corrected chi connectivity index (χ1v) is 7.79. The number of rotatable bonds is 3. The highest BCUT2D eigenvalue weighted by Crippen LogP contribution is 2.30. The van der Waals surface area contributed by atoms with Gasteiger partial charge in [0.2, 0.25) is 0 Å². The molecule has 2 aromatic rings. The fourth-order valence-electron chi connectivity index (χ4n) is 1.79. The van der Waals surface area contributed by atoms with E-state index in [1.54, 1.807) is 0 Å². The standard InChI is InChI=1S/C13H12Br3NO/c1-7-3-8(2)12(10(14)4-7)17-6-9-5-11(15)13(16)18-9/h3-5,17H,6H2,1-2H3. The SMILES string of the molecule is Cc1cc(C)c(NCc2cc(Br)c(Br)o2)c(Br)c1. The van der Waals surface area contributed by atoms with Crippen LogP contribution in [0.15, 0.2) is 36.2 Å². The Kier molecular flexibility index (Phi) is 4.56. The fourth-order valence-corrected chi connectivity index (χ4v) is 3.27. The number of benzene rings is 1. The summed E-state index contributed by atoms with van der Waals surface area (Å²) < 4.78 is 8.26. The van der Waals surface area contributed by atoms with Crippen molar-refractivity contribution in [3.63, 3.8) is 0 Å². The zero-order chi connectivity index (χ0) is 13.3. The van der Waals surface area contributed by atoms with Crippen molar-refractivity contribution in [2.24, 2.45) is 0 Å². The van der Waals surface area contributed by atoms with Crippen LogP contribution < -0.4 is 5.32 Å². The summed E-state index contributed by atoms with van der Waals surface area (Å²) in [5.41, 5.74) is 3.56. The lowest BCUT2D eigenvalue weighted by Crippen LogP contribution is -2.01. The smallest absolute Gasteiger partial charge is 0.183 e. The lowest BCUT2D eigenvalue weighted by molar-refractivity contribution is 0.494. The molecule has 0 aliphatic carbocycles. The molecule has 0 bridgehead atoms. The molecule has 1 heterocycles. The van der Waals surface area contributed by atoms with E-state index in [1.807, 2.05) is 6.07 Å². The van der Waals surface area contributed by atoms with Gasteiger partial charge in [-0.1, -0.05) is 6.07 Å². The van der Waals surface area contributed by atoms with Crippen LogP contribution in [0.2, 0.25) is 0 Å². The molecule has 0 fully saturated rings. The molecule has 5 heteroatoms. The minimum atomic E-state index is 0.646. The molecular weight excluding hydrogens is 426 g/mol. The Morgan fingerprint density at radius 2 is 1.78 bits per heavy atom. The molecule has 1 N–H and O–H groups in total. The van der Waals surface area contributed by atoms with Gasteiger partial charge >= 0.3 is 0 Å². The number of nitrogens with one attached hydrogen (secondary N) is 1. The van der Waals surface area contributed by atoms with Crippen molar-refractivity contribution >= 4 is 53.5 Å². The van der Waals surface area contributed by atoms with Gasteiger partial charge in [0.05, 0.1) is 16.7 Å². The molecule has 0 spiro atoms. The van der Waals surface area contributed by atoms with Crippen LogP contribution in [0.3, 0.4) is 0 Å². The van der Waals surface area contributed by atoms with Crippen molar-refractivity contribution in [3.8, 4) is 0 Å². The first-order chi connectivity index (χ1) is 8.47. The van der Waals surface area contributed by atoms with Gasteiger partial charge in [0.15, 0.2) is 4.67 Å². The Labute approximate surface area is 132 Å². The van der Waals surface area contributed by atoms with E-state index in [0.717, 1.165) is 25.1 Å². The average Bonchev–Trinajstić information content (AvgIpc) is 2.56. The van der Waals surface area contributed by atoms with Crippen molar-refractivity contribution in [2.45, 2.75) is 20.4 Å². The van der Waals surface area contributed by atoms with Crippen LogP contribution in [0.25, 0.3) is 0 Å². The van der Waals surface area contributed by atoms with Crippen molar-refractivity contribution in [3.05, 3.63) is 48.7 Å². The lowest BCUT2D eigenvalue weighted by atomic mass is 10.1. The highest BCUT2D eigenvalue weighted by molar-refractivity contribution is 9.13. The zero-order valence-electron chi connectivity index (χ0n) is 9.98. The zero-order valence-corrected chi connectivity index (χ0v) is 14.7. The third-order valence-corrected chi connectivity index (χ3v) is 4.90. The molecular formula is C13H12Br3NO. The van der Waals surface area contributed by atoms with E-state index in [9.17, 15) is 0 Å². The van der Waals surface area contributed by atoms with Crippen molar-refractivity contribution in [1.82, 2.24) is 0 Å². The molecule has 1 aromatic heterocycles. The van der Waals surface area contributed by atoms with Gasteiger partial charge in [-0.25, -0.2) is 0 Å². The average molecular weight is 438 g/mol. The summed E-state index contributed by atoms with van der Waals surface area (Å²) >= 11 is 10.3. The van der Waals surface area contributed by atoms with E-state index in [4.69, 9.17) is 4.42 Å². The highest BCUT2D eigenvalue weighted by Gasteiger charge is 2.08. The van der Waals surface area contributed by atoms with Crippen LogP contribution in [0.5, 0.6) is 0 Å². The normalized spacial score (nSPS) is 10.7. The molecule has 96 valence electrons. The maximum Gasteiger partial charge on any atom is 0.183 e. The maximum atomic E-state index is 5.53. The van der Waals surface area contributed by atoms with Gasteiger partial charge in [0, 0.05) is 4.47 Å². The van der Waals surface area contributed by atoms with Crippen LogP contribution in [0.1, 0.15) is 16.9 Å². The summed E-state index contributed by atoms with van der Waals surface area (Å²) in [4.78, 5) is 0. The molecule has 1 aromatic carbocycles. The summed E-state index contributed by atoms with van der Waals surface area (Å²) in [6.45, 7) is 4.82. The van der Waals surface area contributed by atoms with Gasteiger partial charge < -0.3 is 9.73 Å². The van der Waals surface area contributed by atoms with Gasteiger partial charge in [0.25, 0.3) is 0 Å². The maximum absolute atomic E-state index is 5.53. The second-order valence-corrected chi connectivity index (χ2v) is 6.56. The van der Waals surface area contributed by atoms with Gasteiger partial charge in [-0.05, 0) is 84.9 Å². The van der Waals surface area contributed by atoms with E-state index in [0.29, 0.717) is 6.54 Å². The van der Waals surface area contributed by atoms with E-state index in [2.05, 4.69) is 79.1 Å². The predicted molar refractivity (Wildman–Crippen MR) is 85.1 cm³/mol. The first-order valence-electron chi connectivity index (χ1n) is 5.41. The summed E-state index contributed by atoms with van der Waals surface area (Å²) in [5.74, 6) is 0.876. The number of hydrogen-bond acceptors (Lipinski definition) is 2. The van der Waals surface area contributed by atoms with Crippen LogP contribution >= 0.6 is 47.8 Å². The Hall–Kier alpha value is -0.260. The predicted octanol–water partition coefficient (Wildman–Crippen LogP) is 5.80. The fraction of sp³-hybridized carbons (Fsp3) is 0.231. The quantitative estimate of drug-likeness (QED) is 0.656. The number of aryl methyl sites for hydroxylation is 2. The number of halogens is 3. The molecule has 0 unspecified atom stereocenters. The second kappa shape index (κ2) is 5.80. The van der Waals surface area contributed by atoms with Crippen molar-refractivity contribution in [1.29, 1.82) is 0 Å². The van der Waals surface area contributed by atoms with Gasteiger partial charge in [0.1, 0.15) is 5.76 Å². The van der Waals surface area contributed by atoms with Crippen LogP contribution in [0, 0.1) is 13.8 Å². The van der Waals surface area contributed by atoms with E-state index in [1.165, 1.54) is 11.1 Å². The summed E-state index contributed by atoms with van der Waals surface area (Å²) in [6.07, 6.45) is 0. The van der Waals surface area contributed by atoms with Crippen LogP contribution in [-0.2, 0) is 6.54 Å². The summed E-state index contributed by atoms with van der Waals surface area (Å²) in [6, 6.07) is 6.21. The lowest BCUT2D eigenvalue weighted by Gasteiger charge is -2.11. The summed E-state index contributed by atoms with van der Waals surface area (Å²) in [5, 5.41) is 3.38. The monoisotopic (exact) mass is 435 g/mol. The van der Waals surface area contributed by atoms with Crippen molar-refractivity contribution < 1.29 is 4.42 Å². The Morgan fingerprint density at radius 3 is 2.33 bits per heavy atom. The number of anilines is 1. The molecule has 0 saturated carbocycles. The number of furan rings is 1. The first kappa shape index (κ1) is 14.2. The molecule has 0 saturated heterocycles. The molecule has 0 atom stereocenters. The molecule has 0 amide bonds. The highest BCUT2D eigenvalue weighted by atomic mass is 79.9. The Morgan fingerprint density at radius 1 is 1.06 bits per heavy atom. The minimum Gasteiger partial charge on any atom is -0.451 e. The van der Waals surface area contributed by atoms with E-state index < -0.39 is 0 Å². The minimum absolute atomic E-state index is 0.646. The topological polar surface area (TPSA) is 25.2 Å². The van der Waals surface area contributed by atoms with Gasteiger partial charge in [-0.2, -0.15) is 0 Å². The van der Waals surface area contributed by atoms with Crippen molar-refractivity contribution in [2.75, 3.05) is 5.32 Å². The van der Waals surface area contributed by atoms with Crippen LogP contribution in [-0.4, -0.2) is 0 Å². The van der Waals surface area contributed by atoms with Crippen LogP contribution in [0.4, 0.5) is 5.69 Å².